The van der Waals surface area contributed by atoms with Crippen LogP contribution >= 0.6 is 15.9 Å². The minimum absolute atomic E-state index is 0.157. The van der Waals surface area contributed by atoms with Crippen molar-refractivity contribution in [1.82, 2.24) is 4.98 Å². The third-order valence-corrected chi connectivity index (χ3v) is 2.47. The number of hydrogen-bond acceptors (Lipinski definition) is 2. The average Bonchev–Trinajstić information content (AvgIpc) is 2.33. The molecule has 1 aromatic heterocycles. The van der Waals surface area contributed by atoms with Gasteiger partial charge in [-0.2, -0.15) is 0 Å². The highest BCUT2D eigenvalue weighted by atomic mass is 79.9. The zero-order chi connectivity index (χ0) is 11.4. The van der Waals surface area contributed by atoms with Gasteiger partial charge in [-0.25, -0.2) is 4.98 Å². The molecule has 0 fully saturated rings. The van der Waals surface area contributed by atoms with E-state index in [-0.39, 0.29) is 5.91 Å². The van der Waals surface area contributed by atoms with Crippen LogP contribution in [0.5, 0.6) is 0 Å². The van der Waals surface area contributed by atoms with Gasteiger partial charge in [-0.1, -0.05) is 18.2 Å². The molecule has 0 unspecified atom stereocenters. The molecular weight excluding hydrogens is 268 g/mol. The first kappa shape index (κ1) is 10.8. The van der Waals surface area contributed by atoms with E-state index in [4.69, 9.17) is 0 Å². The van der Waals surface area contributed by atoms with E-state index in [1.165, 1.54) is 0 Å². The maximum atomic E-state index is 11.7. The summed E-state index contributed by atoms with van der Waals surface area (Å²) in [5.41, 5.74) is 0.618. The fourth-order valence-corrected chi connectivity index (χ4v) is 1.46. The Hall–Kier alpha value is -1.68. The van der Waals surface area contributed by atoms with Gasteiger partial charge in [0.15, 0.2) is 0 Å². The molecule has 1 N–H and O–H groups in total. The number of pyridine rings is 1. The number of benzene rings is 1. The Morgan fingerprint density at radius 2 is 1.88 bits per heavy atom. The van der Waals surface area contributed by atoms with Crippen LogP contribution < -0.4 is 5.32 Å². The number of carbonyl (C=O) groups excluding carboxylic acids is 1. The maximum absolute atomic E-state index is 11.7. The van der Waals surface area contributed by atoms with Crippen molar-refractivity contribution in [1.29, 1.82) is 0 Å². The molecule has 2 aromatic rings. The van der Waals surface area contributed by atoms with Crippen molar-refractivity contribution in [3.63, 3.8) is 0 Å². The van der Waals surface area contributed by atoms with Crippen LogP contribution in [-0.2, 0) is 0 Å². The van der Waals surface area contributed by atoms with Crippen LogP contribution in [0.4, 0.5) is 5.82 Å². The number of hydrogen-bond donors (Lipinski definition) is 1. The predicted molar refractivity (Wildman–Crippen MR) is 66.3 cm³/mol. The number of rotatable bonds is 2. The van der Waals surface area contributed by atoms with Gasteiger partial charge in [0.2, 0.25) is 0 Å². The van der Waals surface area contributed by atoms with Crippen molar-refractivity contribution in [2.75, 3.05) is 5.32 Å². The normalized spacial score (nSPS) is 9.81. The van der Waals surface area contributed by atoms with Gasteiger partial charge in [-0.3, -0.25) is 4.79 Å². The largest absolute Gasteiger partial charge is 0.307 e. The smallest absolute Gasteiger partial charge is 0.256 e. The van der Waals surface area contributed by atoms with Gasteiger partial charge in [-0.15, -0.1) is 0 Å². The summed E-state index contributed by atoms with van der Waals surface area (Å²) >= 11 is 3.28. The molecule has 1 amide bonds. The van der Waals surface area contributed by atoms with Gasteiger partial charge in [0.1, 0.15) is 5.82 Å². The molecule has 0 aliphatic heterocycles. The molecule has 0 aliphatic carbocycles. The Morgan fingerprint density at radius 1 is 1.12 bits per heavy atom. The summed E-state index contributed by atoms with van der Waals surface area (Å²) in [5, 5.41) is 2.71. The summed E-state index contributed by atoms with van der Waals surface area (Å²) in [4.78, 5) is 15.8. The summed E-state index contributed by atoms with van der Waals surface area (Å²) in [7, 11) is 0. The molecule has 0 radical (unpaired) electrons. The quantitative estimate of drug-likeness (QED) is 0.916. The predicted octanol–water partition coefficient (Wildman–Crippen LogP) is 3.10. The number of carbonyl (C=O) groups is 1. The lowest BCUT2D eigenvalue weighted by Gasteiger charge is -2.03. The van der Waals surface area contributed by atoms with Crippen LogP contribution in [0.1, 0.15) is 10.4 Å². The maximum Gasteiger partial charge on any atom is 0.256 e. The Morgan fingerprint density at radius 3 is 2.50 bits per heavy atom. The van der Waals surface area contributed by atoms with Gasteiger partial charge < -0.3 is 5.32 Å². The molecule has 0 saturated heterocycles. The lowest BCUT2D eigenvalue weighted by atomic mass is 10.2. The average molecular weight is 277 g/mol. The molecule has 80 valence electrons. The monoisotopic (exact) mass is 276 g/mol. The fraction of sp³-hybridized carbons (Fsp3) is 0. The lowest BCUT2D eigenvalue weighted by molar-refractivity contribution is 0.102. The summed E-state index contributed by atoms with van der Waals surface area (Å²) < 4.78 is 0.880. The molecule has 0 saturated carbocycles. The van der Waals surface area contributed by atoms with Crippen LogP contribution in [0.15, 0.2) is 53.1 Å². The minimum atomic E-state index is -0.157. The zero-order valence-electron chi connectivity index (χ0n) is 8.35. The van der Waals surface area contributed by atoms with Crippen molar-refractivity contribution in [3.05, 3.63) is 58.7 Å². The van der Waals surface area contributed by atoms with Crippen LogP contribution in [0.2, 0.25) is 0 Å². The first-order valence-electron chi connectivity index (χ1n) is 4.73. The van der Waals surface area contributed by atoms with Crippen LogP contribution in [-0.4, -0.2) is 10.9 Å². The SMILES string of the molecule is O=C(Nc1ccc(Br)cn1)c1ccccc1. The van der Waals surface area contributed by atoms with Gasteiger partial charge >= 0.3 is 0 Å². The molecule has 4 heteroatoms. The van der Waals surface area contributed by atoms with E-state index < -0.39 is 0 Å². The number of anilines is 1. The van der Waals surface area contributed by atoms with Gasteiger partial charge in [0, 0.05) is 16.2 Å². The molecule has 0 atom stereocenters. The second-order valence-corrected chi connectivity index (χ2v) is 4.10. The van der Waals surface area contributed by atoms with Gasteiger partial charge in [0.05, 0.1) is 0 Å². The van der Waals surface area contributed by atoms with E-state index in [9.17, 15) is 4.79 Å². The molecule has 3 nitrogen and oxygen atoms in total. The minimum Gasteiger partial charge on any atom is -0.307 e. The molecule has 1 heterocycles. The Kier molecular flexibility index (Phi) is 3.31. The summed E-state index contributed by atoms with van der Waals surface area (Å²) in [6.45, 7) is 0. The van der Waals surface area contributed by atoms with E-state index in [1.54, 1.807) is 24.4 Å². The van der Waals surface area contributed by atoms with E-state index in [0.717, 1.165) is 4.47 Å². The molecule has 0 aliphatic rings. The van der Waals surface area contributed by atoms with E-state index in [0.29, 0.717) is 11.4 Å². The Labute approximate surface area is 102 Å². The molecular formula is C12H9BrN2O. The molecule has 1 aromatic carbocycles. The summed E-state index contributed by atoms with van der Waals surface area (Å²) in [5.74, 6) is 0.382. The van der Waals surface area contributed by atoms with Crippen LogP contribution in [0, 0.1) is 0 Å². The van der Waals surface area contributed by atoms with E-state index >= 15 is 0 Å². The fourth-order valence-electron chi connectivity index (χ4n) is 1.23. The van der Waals surface area contributed by atoms with Gasteiger partial charge in [-0.05, 0) is 40.2 Å². The van der Waals surface area contributed by atoms with Crippen molar-refractivity contribution in [3.8, 4) is 0 Å². The van der Waals surface area contributed by atoms with Crippen LogP contribution in [0.25, 0.3) is 0 Å². The van der Waals surface area contributed by atoms with Crippen molar-refractivity contribution in [2.24, 2.45) is 0 Å². The number of aromatic nitrogens is 1. The van der Waals surface area contributed by atoms with Crippen molar-refractivity contribution >= 4 is 27.7 Å². The zero-order valence-corrected chi connectivity index (χ0v) is 9.94. The van der Waals surface area contributed by atoms with Crippen molar-refractivity contribution in [2.45, 2.75) is 0 Å². The highest BCUT2D eigenvalue weighted by Gasteiger charge is 2.04. The third kappa shape index (κ3) is 2.67. The van der Waals surface area contributed by atoms with Gasteiger partial charge in [0.25, 0.3) is 5.91 Å². The van der Waals surface area contributed by atoms with E-state index in [1.807, 2.05) is 24.3 Å². The number of nitrogens with one attached hydrogen (secondary N) is 1. The topological polar surface area (TPSA) is 42.0 Å². The van der Waals surface area contributed by atoms with Crippen LogP contribution in [0.3, 0.4) is 0 Å². The standard InChI is InChI=1S/C12H9BrN2O/c13-10-6-7-11(14-8-10)15-12(16)9-4-2-1-3-5-9/h1-8H,(H,14,15,16). The van der Waals surface area contributed by atoms with Crippen molar-refractivity contribution < 1.29 is 4.79 Å². The number of halogens is 1. The third-order valence-electron chi connectivity index (χ3n) is 2.00. The molecule has 2 rings (SSSR count). The summed E-state index contributed by atoms with van der Waals surface area (Å²) in [6.07, 6.45) is 1.64. The number of nitrogens with zero attached hydrogens (tertiary/aromatic N) is 1. The molecule has 0 bridgehead atoms. The second-order valence-electron chi connectivity index (χ2n) is 3.18. The highest BCUT2D eigenvalue weighted by molar-refractivity contribution is 9.10. The van der Waals surface area contributed by atoms with E-state index in [2.05, 4.69) is 26.2 Å². The Bertz CT molecular complexity index is 482. The summed E-state index contributed by atoms with van der Waals surface area (Å²) in [6, 6.07) is 12.6. The highest BCUT2D eigenvalue weighted by Crippen LogP contribution is 2.11. The molecule has 16 heavy (non-hydrogen) atoms. The first-order valence-corrected chi connectivity index (χ1v) is 5.53. The Balaban J connectivity index is 2.11. The lowest BCUT2D eigenvalue weighted by Crippen LogP contribution is -2.12. The second kappa shape index (κ2) is 4.90. The number of amides is 1. The molecule has 0 spiro atoms. The first-order chi connectivity index (χ1) is 7.75.